The van der Waals surface area contributed by atoms with E-state index in [1.807, 2.05) is 0 Å². The van der Waals surface area contributed by atoms with Gasteiger partial charge in [0.05, 0.1) is 12.7 Å². The van der Waals surface area contributed by atoms with Crippen molar-refractivity contribution >= 4 is 12.2 Å². The minimum Gasteiger partial charge on any atom is -0.504 e. The van der Waals surface area contributed by atoms with Crippen molar-refractivity contribution in [3.63, 3.8) is 0 Å². The van der Waals surface area contributed by atoms with Gasteiger partial charge in [0, 0.05) is 0 Å². The smallest absolute Gasteiger partial charge is 0.416 e. The predicted octanol–water partition coefficient (Wildman–Crippen LogP) is 4.59. The number of alkyl halides is 3. The van der Waals surface area contributed by atoms with Crippen LogP contribution in [0, 0.1) is 0 Å². The van der Waals surface area contributed by atoms with Crippen LogP contribution in [0.2, 0.25) is 0 Å². The lowest BCUT2D eigenvalue weighted by Gasteiger charge is -2.06. The van der Waals surface area contributed by atoms with Crippen LogP contribution in [0.5, 0.6) is 11.5 Å². The third kappa shape index (κ3) is 3.78. The van der Waals surface area contributed by atoms with E-state index in [4.69, 9.17) is 4.74 Å². The molecule has 0 amide bonds. The zero-order chi connectivity index (χ0) is 15.5. The predicted molar refractivity (Wildman–Crippen MR) is 75.0 cm³/mol. The number of phenolic OH excluding ortho intramolecular Hbond substituents is 1. The summed E-state index contributed by atoms with van der Waals surface area (Å²) in [5.74, 6) is 0.369. The van der Waals surface area contributed by atoms with Gasteiger partial charge in [0.2, 0.25) is 0 Å². The summed E-state index contributed by atoms with van der Waals surface area (Å²) in [6.07, 6.45) is -0.914. The fraction of sp³-hybridized carbons (Fsp3) is 0.125. The topological polar surface area (TPSA) is 29.5 Å². The fourth-order valence-corrected chi connectivity index (χ4v) is 1.77. The normalized spacial score (nSPS) is 11.8. The molecule has 2 aromatic rings. The van der Waals surface area contributed by atoms with Gasteiger partial charge in [-0.25, -0.2) is 0 Å². The van der Waals surface area contributed by atoms with Crippen LogP contribution in [0.15, 0.2) is 42.5 Å². The van der Waals surface area contributed by atoms with Gasteiger partial charge >= 0.3 is 6.18 Å². The SMILES string of the molecule is COc1cc(/C=C/c2ccc(C(F)(F)F)cc2)ccc1O. The molecule has 0 fully saturated rings. The molecule has 2 rings (SSSR count). The molecular weight excluding hydrogens is 281 g/mol. The second-order valence-corrected chi connectivity index (χ2v) is 4.38. The third-order valence-corrected chi connectivity index (χ3v) is 2.91. The van der Waals surface area contributed by atoms with Gasteiger partial charge in [0.25, 0.3) is 0 Å². The van der Waals surface area contributed by atoms with Crippen molar-refractivity contribution < 1.29 is 23.0 Å². The largest absolute Gasteiger partial charge is 0.504 e. The Morgan fingerprint density at radius 1 is 0.952 bits per heavy atom. The van der Waals surface area contributed by atoms with E-state index >= 15 is 0 Å². The molecule has 110 valence electrons. The Balaban J connectivity index is 2.18. The lowest BCUT2D eigenvalue weighted by molar-refractivity contribution is -0.137. The van der Waals surface area contributed by atoms with Crippen molar-refractivity contribution in [1.29, 1.82) is 0 Å². The lowest BCUT2D eigenvalue weighted by Crippen LogP contribution is -2.03. The molecule has 0 bridgehead atoms. The van der Waals surface area contributed by atoms with E-state index < -0.39 is 11.7 Å². The van der Waals surface area contributed by atoms with Crippen LogP contribution in [-0.4, -0.2) is 12.2 Å². The van der Waals surface area contributed by atoms with Crippen molar-refractivity contribution in [1.82, 2.24) is 0 Å². The molecule has 0 radical (unpaired) electrons. The molecular formula is C16H13F3O2. The molecule has 2 nitrogen and oxygen atoms in total. The second kappa shape index (κ2) is 5.91. The minimum atomic E-state index is -4.33. The molecule has 21 heavy (non-hydrogen) atoms. The number of rotatable bonds is 3. The molecule has 0 aliphatic heterocycles. The molecule has 0 aliphatic rings. The molecule has 0 heterocycles. The summed E-state index contributed by atoms with van der Waals surface area (Å²) in [6.45, 7) is 0. The first-order chi connectivity index (χ1) is 9.90. The van der Waals surface area contributed by atoms with E-state index in [-0.39, 0.29) is 5.75 Å². The molecule has 0 aromatic heterocycles. The Hall–Kier alpha value is -2.43. The van der Waals surface area contributed by atoms with E-state index in [0.717, 1.165) is 17.7 Å². The second-order valence-electron chi connectivity index (χ2n) is 4.38. The molecule has 0 saturated heterocycles. The highest BCUT2D eigenvalue weighted by Crippen LogP contribution is 2.30. The molecule has 1 N–H and O–H groups in total. The quantitative estimate of drug-likeness (QED) is 0.839. The monoisotopic (exact) mass is 294 g/mol. The summed E-state index contributed by atoms with van der Waals surface area (Å²) in [7, 11) is 1.44. The Morgan fingerprint density at radius 3 is 2.10 bits per heavy atom. The molecule has 0 spiro atoms. The van der Waals surface area contributed by atoms with Crippen LogP contribution in [0.3, 0.4) is 0 Å². The average Bonchev–Trinajstić information content (AvgIpc) is 2.46. The van der Waals surface area contributed by atoms with Gasteiger partial charge < -0.3 is 9.84 Å². The van der Waals surface area contributed by atoms with Crippen molar-refractivity contribution in [3.8, 4) is 11.5 Å². The van der Waals surface area contributed by atoms with Gasteiger partial charge in [0.15, 0.2) is 11.5 Å². The highest BCUT2D eigenvalue weighted by atomic mass is 19.4. The Kier molecular flexibility index (Phi) is 4.21. The number of phenols is 1. The van der Waals surface area contributed by atoms with Crippen LogP contribution in [0.25, 0.3) is 12.2 Å². The fourth-order valence-electron chi connectivity index (χ4n) is 1.77. The van der Waals surface area contributed by atoms with Gasteiger partial charge in [0.1, 0.15) is 0 Å². The number of hydrogen-bond donors (Lipinski definition) is 1. The first-order valence-electron chi connectivity index (χ1n) is 6.12. The maximum Gasteiger partial charge on any atom is 0.416 e. The zero-order valence-corrected chi connectivity index (χ0v) is 11.2. The summed E-state index contributed by atoms with van der Waals surface area (Å²) in [5.41, 5.74) is 0.741. The third-order valence-electron chi connectivity index (χ3n) is 2.91. The summed E-state index contributed by atoms with van der Waals surface area (Å²) in [6, 6.07) is 9.68. The van der Waals surface area contributed by atoms with Gasteiger partial charge in [-0.1, -0.05) is 30.4 Å². The number of ether oxygens (including phenoxy) is 1. The lowest BCUT2D eigenvalue weighted by atomic mass is 10.1. The van der Waals surface area contributed by atoms with Crippen molar-refractivity contribution in [3.05, 3.63) is 59.2 Å². The minimum absolute atomic E-state index is 0.0316. The number of methoxy groups -OCH3 is 1. The first-order valence-corrected chi connectivity index (χ1v) is 6.12. The molecule has 0 aliphatic carbocycles. The molecule has 5 heteroatoms. The van der Waals surface area contributed by atoms with E-state index in [0.29, 0.717) is 11.3 Å². The molecule has 0 saturated carbocycles. The van der Waals surface area contributed by atoms with E-state index in [2.05, 4.69) is 0 Å². The Labute approximate surface area is 120 Å². The first kappa shape index (κ1) is 15.0. The summed E-state index contributed by atoms with van der Waals surface area (Å²) >= 11 is 0. The highest BCUT2D eigenvalue weighted by Gasteiger charge is 2.29. The van der Waals surface area contributed by atoms with Crippen LogP contribution < -0.4 is 4.74 Å². The van der Waals surface area contributed by atoms with Crippen LogP contribution in [0.1, 0.15) is 16.7 Å². The zero-order valence-electron chi connectivity index (χ0n) is 11.2. The van der Waals surface area contributed by atoms with E-state index in [9.17, 15) is 18.3 Å². The summed E-state index contributed by atoms with van der Waals surface area (Å²) in [5, 5.41) is 9.47. The standard InChI is InChI=1S/C16H13F3O2/c1-21-15-10-12(6-9-14(15)20)3-2-11-4-7-13(8-5-11)16(17,18)19/h2-10,20H,1H3/b3-2+. The van der Waals surface area contributed by atoms with Crippen LogP contribution in [-0.2, 0) is 6.18 Å². The van der Waals surface area contributed by atoms with Crippen LogP contribution >= 0.6 is 0 Å². The highest BCUT2D eigenvalue weighted by molar-refractivity contribution is 5.71. The molecule has 0 atom stereocenters. The van der Waals surface area contributed by atoms with E-state index in [1.165, 1.54) is 25.3 Å². The number of hydrogen-bond acceptors (Lipinski definition) is 2. The van der Waals surface area contributed by atoms with Gasteiger partial charge in [-0.05, 0) is 35.4 Å². The average molecular weight is 294 g/mol. The Bertz CT molecular complexity index is 644. The number of aromatic hydroxyl groups is 1. The van der Waals surface area contributed by atoms with Crippen molar-refractivity contribution in [2.24, 2.45) is 0 Å². The maximum atomic E-state index is 12.4. The maximum absolute atomic E-state index is 12.4. The number of halogens is 3. The van der Waals surface area contributed by atoms with E-state index in [1.54, 1.807) is 24.3 Å². The Morgan fingerprint density at radius 2 is 1.52 bits per heavy atom. The van der Waals surface area contributed by atoms with Crippen LogP contribution in [0.4, 0.5) is 13.2 Å². The summed E-state index contributed by atoms with van der Waals surface area (Å²) in [4.78, 5) is 0. The summed E-state index contributed by atoms with van der Waals surface area (Å²) < 4.78 is 42.3. The van der Waals surface area contributed by atoms with Gasteiger partial charge in [-0.3, -0.25) is 0 Å². The van der Waals surface area contributed by atoms with Gasteiger partial charge in [-0.2, -0.15) is 13.2 Å². The number of benzene rings is 2. The molecule has 0 unspecified atom stereocenters. The van der Waals surface area contributed by atoms with Crippen molar-refractivity contribution in [2.75, 3.05) is 7.11 Å². The van der Waals surface area contributed by atoms with Crippen molar-refractivity contribution in [2.45, 2.75) is 6.18 Å². The van der Waals surface area contributed by atoms with Gasteiger partial charge in [-0.15, -0.1) is 0 Å². The molecule has 2 aromatic carbocycles.